The van der Waals surface area contributed by atoms with Crippen molar-refractivity contribution in [3.05, 3.63) is 44.2 Å². The quantitative estimate of drug-likeness (QED) is 0.527. The van der Waals surface area contributed by atoms with Crippen LogP contribution in [-0.4, -0.2) is 51.5 Å². The third-order valence-electron chi connectivity index (χ3n) is 4.82. The van der Waals surface area contributed by atoms with Gasteiger partial charge >= 0.3 is 12.1 Å². The minimum atomic E-state index is -1.05. The number of anilines is 1. The Morgan fingerprint density at radius 3 is 2.71 bits per heavy atom. The second kappa shape index (κ2) is 9.64. The molecule has 1 atom stereocenters. The number of hydrogen-bond acceptors (Lipinski definition) is 5. The van der Waals surface area contributed by atoms with Crippen molar-refractivity contribution in [2.75, 3.05) is 18.0 Å². The number of nitrogens with one attached hydrogen (secondary N) is 1. The van der Waals surface area contributed by atoms with Crippen molar-refractivity contribution in [3.63, 3.8) is 0 Å². The number of piperidine rings is 1. The Morgan fingerprint density at radius 1 is 1.35 bits per heavy atom. The number of rotatable bonds is 5. The first-order valence-electron chi connectivity index (χ1n) is 10.0. The molecule has 1 aromatic heterocycles. The van der Waals surface area contributed by atoms with Crippen molar-refractivity contribution in [1.82, 2.24) is 14.9 Å². The van der Waals surface area contributed by atoms with Gasteiger partial charge in [0.2, 0.25) is 5.95 Å². The van der Waals surface area contributed by atoms with E-state index in [1.807, 2.05) is 66.5 Å². The standard InChI is InChI=1S/C21H26ClIN4O4/c1-21(2,3)31-20(30)24-14-8-6-10-26(12-14)19-25-17(23)16(18(28)29)27(19)11-13-7-4-5-9-15(13)22/h4-5,7,9,14H,6,8,10-12H2,1-3H3,(H,24,30)(H,28,29)/t14-/m1/s1. The van der Waals surface area contributed by atoms with Gasteiger partial charge in [-0.05, 0) is 67.8 Å². The van der Waals surface area contributed by atoms with Crippen molar-refractivity contribution in [3.8, 4) is 0 Å². The summed E-state index contributed by atoms with van der Waals surface area (Å²) in [6.07, 6.45) is 1.18. The highest BCUT2D eigenvalue weighted by Crippen LogP contribution is 2.27. The fourth-order valence-corrected chi connectivity index (χ4v) is 4.49. The maximum atomic E-state index is 12.2. The van der Waals surface area contributed by atoms with Gasteiger partial charge in [-0.25, -0.2) is 14.6 Å². The Morgan fingerprint density at radius 2 is 2.06 bits per heavy atom. The molecular formula is C21H26ClIN4O4. The summed E-state index contributed by atoms with van der Waals surface area (Å²) in [5.74, 6) is -0.493. The summed E-state index contributed by atoms with van der Waals surface area (Å²) in [6, 6.07) is 7.22. The number of nitrogens with zero attached hydrogens (tertiary/aromatic N) is 3. The Labute approximate surface area is 200 Å². The highest BCUT2D eigenvalue weighted by molar-refractivity contribution is 14.1. The summed E-state index contributed by atoms with van der Waals surface area (Å²) in [6.45, 7) is 6.96. The normalized spacial score (nSPS) is 16.8. The number of amides is 1. The van der Waals surface area contributed by atoms with Crippen LogP contribution in [0.4, 0.5) is 10.7 Å². The predicted molar refractivity (Wildman–Crippen MR) is 127 cm³/mol. The summed E-state index contributed by atoms with van der Waals surface area (Å²) in [4.78, 5) is 30.7. The molecule has 0 saturated carbocycles. The van der Waals surface area contributed by atoms with Crippen LogP contribution in [0.15, 0.2) is 24.3 Å². The Bertz CT molecular complexity index is 973. The van der Waals surface area contributed by atoms with Gasteiger partial charge < -0.3 is 20.1 Å². The topological polar surface area (TPSA) is 96.7 Å². The molecule has 0 unspecified atom stereocenters. The second-order valence-corrected chi connectivity index (χ2v) is 9.89. The molecule has 2 N–H and O–H groups in total. The van der Waals surface area contributed by atoms with E-state index in [9.17, 15) is 14.7 Å². The first kappa shape index (κ1) is 23.6. The van der Waals surface area contributed by atoms with E-state index in [4.69, 9.17) is 16.3 Å². The van der Waals surface area contributed by atoms with Gasteiger partial charge in [-0.2, -0.15) is 0 Å². The fraction of sp³-hybridized carbons (Fsp3) is 0.476. The fourth-order valence-electron chi connectivity index (χ4n) is 3.56. The average molecular weight is 561 g/mol. The molecule has 0 bridgehead atoms. The second-order valence-electron chi connectivity index (χ2n) is 8.47. The largest absolute Gasteiger partial charge is 0.476 e. The smallest absolute Gasteiger partial charge is 0.407 e. The first-order chi connectivity index (χ1) is 14.5. The molecular weight excluding hydrogens is 535 g/mol. The van der Waals surface area contributed by atoms with E-state index in [0.29, 0.717) is 27.8 Å². The number of alkyl carbamates (subject to hydrolysis) is 1. The molecule has 1 amide bonds. The summed E-state index contributed by atoms with van der Waals surface area (Å²) in [5, 5.41) is 13.3. The number of carboxylic acids is 1. The van der Waals surface area contributed by atoms with Gasteiger partial charge in [0, 0.05) is 24.2 Å². The molecule has 0 spiro atoms. The maximum absolute atomic E-state index is 12.2. The van der Waals surface area contributed by atoms with E-state index >= 15 is 0 Å². The molecule has 1 aliphatic heterocycles. The minimum Gasteiger partial charge on any atom is -0.476 e. The van der Waals surface area contributed by atoms with Crippen molar-refractivity contribution in [1.29, 1.82) is 0 Å². The van der Waals surface area contributed by atoms with Crippen LogP contribution in [0, 0.1) is 3.70 Å². The number of carbonyl (C=O) groups is 2. The number of ether oxygens (including phenoxy) is 1. The molecule has 0 radical (unpaired) electrons. The third kappa shape index (κ3) is 6.03. The Balaban J connectivity index is 1.86. The Hall–Kier alpha value is -2.01. The van der Waals surface area contributed by atoms with Crippen LogP contribution in [0.25, 0.3) is 0 Å². The van der Waals surface area contributed by atoms with Gasteiger partial charge in [0.05, 0.1) is 6.54 Å². The Kier molecular flexibility index (Phi) is 7.35. The summed E-state index contributed by atoms with van der Waals surface area (Å²) in [5.41, 5.74) is 0.357. The summed E-state index contributed by atoms with van der Waals surface area (Å²) >= 11 is 8.27. The van der Waals surface area contributed by atoms with Crippen LogP contribution in [0.3, 0.4) is 0 Å². The molecule has 3 rings (SSSR count). The van der Waals surface area contributed by atoms with Crippen LogP contribution in [-0.2, 0) is 11.3 Å². The number of carboxylic acid groups (broad SMARTS) is 1. The zero-order valence-electron chi connectivity index (χ0n) is 17.7. The zero-order chi connectivity index (χ0) is 22.8. The number of halogens is 2. The van der Waals surface area contributed by atoms with Crippen molar-refractivity contribution < 1.29 is 19.4 Å². The zero-order valence-corrected chi connectivity index (χ0v) is 20.6. The van der Waals surface area contributed by atoms with E-state index in [2.05, 4.69) is 10.3 Å². The highest BCUT2D eigenvalue weighted by Gasteiger charge is 2.30. The van der Waals surface area contributed by atoms with Crippen LogP contribution in [0.1, 0.15) is 49.7 Å². The lowest BCUT2D eigenvalue weighted by Crippen LogP contribution is -2.49. The average Bonchev–Trinajstić information content (AvgIpc) is 2.98. The number of hydrogen-bond donors (Lipinski definition) is 2. The molecule has 1 saturated heterocycles. The van der Waals surface area contributed by atoms with Crippen molar-refractivity contribution in [2.24, 2.45) is 0 Å². The minimum absolute atomic E-state index is 0.123. The number of imidazole rings is 1. The van der Waals surface area contributed by atoms with Crippen molar-refractivity contribution >= 4 is 52.2 Å². The van der Waals surface area contributed by atoms with E-state index < -0.39 is 17.7 Å². The van der Waals surface area contributed by atoms with Crippen LogP contribution < -0.4 is 10.2 Å². The van der Waals surface area contributed by atoms with Gasteiger partial charge in [0.25, 0.3) is 0 Å². The SMILES string of the molecule is CC(C)(C)OC(=O)N[C@@H]1CCCN(c2nc(I)c(C(=O)O)n2Cc2ccccc2Cl)C1. The van der Waals surface area contributed by atoms with Gasteiger partial charge in [0.1, 0.15) is 9.30 Å². The summed E-state index contributed by atoms with van der Waals surface area (Å²) < 4.78 is 7.46. The lowest BCUT2D eigenvalue weighted by atomic mass is 10.1. The monoisotopic (exact) mass is 560 g/mol. The van der Waals surface area contributed by atoms with Gasteiger partial charge in [-0.1, -0.05) is 29.8 Å². The lowest BCUT2D eigenvalue weighted by Gasteiger charge is -2.34. The van der Waals surface area contributed by atoms with E-state index in [1.165, 1.54) is 0 Å². The predicted octanol–water partition coefficient (Wildman–Crippen LogP) is 4.38. The number of aromatic nitrogens is 2. The third-order valence-corrected chi connectivity index (χ3v) is 5.94. The van der Waals surface area contributed by atoms with E-state index in [0.717, 1.165) is 18.4 Å². The molecule has 8 nitrogen and oxygen atoms in total. The van der Waals surface area contributed by atoms with Crippen LogP contribution in [0.5, 0.6) is 0 Å². The molecule has 1 aliphatic rings. The molecule has 2 aromatic rings. The molecule has 1 fully saturated rings. The molecule has 1 aromatic carbocycles. The van der Waals surface area contributed by atoms with Gasteiger partial charge in [-0.15, -0.1) is 0 Å². The lowest BCUT2D eigenvalue weighted by molar-refractivity contribution is 0.0499. The molecule has 0 aliphatic carbocycles. The molecule has 2 heterocycles. The molecule has 10 heteroatoms. The van der Waals surface area contributed by atoms with Crippen LogP contribution >= 0.6 is 34.2 Å². The maximum Gasteiger partial charge on any atom is 0.407 e. The van der Waals surface area contributed by atoms with Gasteiger partial charge in [-0.3, -0.25) is 4.57 Å². The molecule has 31 heavy (non-hydrogen) atoms. The molecule has 168 valence electrons. The van der Waals surface area contributed by atoms with Crippen molar-refractivity contribution in [2.45, 2.75) is 51.8 Å². The number of carbonyl (C=O) groups excluding carboxylic acids is 1. The van der Waals surface area contributed by atoms with E-state index in [-0.39, 0.29) is 18.3 Å². The van der Waals surface area contributed by atoms with Crippen LogP contribution in [0.2, 0.25) is 5.02 Å². The highest BCUT2D eigenvalue weighted by atomic mass is 127. The van der Waals surface area contributed by atoms with Gasteiger partial charge in [0.15, 0.2) is 5.69 Å². The number of benzene rings is 1. The summed E-state index contributed by atoms with van der Waals surface area (Å²) in [7, 11) is 0. The first-order valence-corrected chi connectivity index (χ1v) is 11.5. The number of aromatic carboxylic acids is 1. The van der Waals surface area contributed by atoms with E-state index in [1.54, 1.807) is 10.6 Å².